The number of nitrogens with zero attached hydrogens (tertiary/aromatic N) is 1. The molecule has 1 aliphatic heterocycles. The summed E-state index contributed by atoms with van der Waals surface area (Å²) in [6, 6.07) is 1.83. The van der Waals surface area contributed by atoms with Crippen LogP contribution in [0.5, 0.6) is 0 Å². The molecule has 0 saturated carbocycles. The second-order valence-electron chi connectivity index (χ2n) is 4.37. The van der Waals surface area contributed by atoms with E-state index in [0.29, 0.717) is 4.34 Å². The summed E-state index contributed by atoms with van der Waals surface area (Å²) in [6.45, 7) is 1.64. The van der Waals surface area contributed by atoms with E-state index in [1.165, 1.54) is 24.2 Å². The van der Waals surface area contributed by atoms with E-state index >= 15 is 0 Å². The first-order valence-corrected chi connectivity index (χ1v) is 8.39. The number of alkyl halides is 1. The summed E-state index contributed by atoms with van der Waals surface area (Å²) < 4.78 is 1.44. The molecule has 1 amide bonds. The highest BCUT2D eigenvalue weighted by atomic mass is 79.9. The van der Waals surface area contributed by atoms with Crippen molar-refractivity contribution >= 4 is 56.4 Å². The standard InChI is InChI=1S/C12H14BrCl2NOS/c13-8-7-9(18-11(8)15)10(14)12(17)16-5-3-1-2-4-6-16/h7,10H,1-6H2. The van der Waals surface area contributed by atoms with Crippen LogP contribution in [0.3, 0.4) is 0 Å². The van der Waals surface area contributed by atoms with Gasteiger partial charge >= 0.3 is 0 Å². The van der Waals surface area contributed by atoms with Crippen molar-refractivity contribution in [2.45, 2.75) is 31.1 Å². The maximum absolute atomic E-state index is 12.3. The van der Waals surface area contributed by atoms with Crippen LogP contribution >= 0.6 is 50.5 Å². The number of amides is 1. The maximum Gasteiger partial charge on any atom is 0.246 e. The fourth-order valence-corrected chi connectivity index (χ4v) is 4.10. The summed E-state index contributed by atoms with van der Waals surface area (Å²) in [7, 11) is 0. The summed E-state index contributed by atoms with van der Waals surface area (Å²) in [5.41, 5.74) is 0. The monoisotopic (exact) mass is 369 g/mol. The molecule has 1 saturated heterocycles. The van der Waals surface area contributed by atoms with E-state index in [4.69, 9.17) is 23.2 Å². The summed E-state index contributed by atoms with van der Waals surface area (Å²) in [5, 5.41) is -0.614. The summed E-state index contributed by atoms with van der Waals surface area (Å²) in [6.07, 6.45) is 4.55. The molecule has 100 valence electrons. The van der Waals surface area contributed by atoms with E-state index in [-0.39, 0.29) is 5.91 Å². The van der Waals surface area contributed by atoms with Gasteiger partial charge in [-0.05, 0) is 34.8 Å². The molecule has 0 bridgehead atoms. The molecule has 0 radical (unpaired) electrons. The highest BCUT2D eigenvalue weighted by Crippen LogP contribution is 2.38. The average Bonchev–Trinajstić information content (AvgIpc) is 2.61. The molecule has 0 aliphatic carbocycles. The second-order valence-corrected chi connectivity index (χ2v) is 7.35. The molecule has 1 aliphatic rings. The number of hydrogen-bond donors (Lipinski definition) is 0. The van der Waals surface area contributed by atoms with Gasteiger partial charge < -0.3 is 4.90 Å². The van der Waals surface area contributed by atoms with Crippen molar-refractivity contribution < 1.29 is 4.79 Å². The lowest BCUT2D eigenvalue weighted by atomic mass is 10.2. The lowest BCUT2D eigenvalue weighted by molar-refractivity contribution is -0.130. The van der Waals surface area contributed by atoms with Gasteiger partial charge in [0.2, 0.25) is 5.91 Å². The first-order valence-electron chi connectivity index (χ1n) is 5.97. The van der Waals surface area contributed by atoms with Gasteiger partial charge in [-0.2, -0.15) is 0 Å². The Hall–Kier alpha value is 0.230. The van der Waals surface area contributed by atoms with E-state index in [2.05, 4.69) is 15.9 Å². The minimum atomic E-state index is -0.614. The van der Waals surface area contributed by atoms with Crippen molar-refractivity contribution in [3.05, 3.63) is 19.8 Å². The second kappa shape index (κ2) is 6.60. The van der Waals surface area contributed by atoms with Gasteiger partial charge in [0.25, 0.3) is 0 Å². The van der Waals surface area contributed by atoms with E-state index in [1.807, 2.05) is 11.0 Å². The third-order valence-electron chi connectivity index (χ3n) is 3.05. The van der Waals surface area contributed by atoms with Crippen molar-refractivity contribution in [2.24, 2.45) is 0 Å². The highest BCUT2D eigenvalue weighted by Gasteiger charge is 2.26. The Morgan fingerprint density at radius 2 is 1.94 bits per heavy atom. The molecule has 2 nitrogen and oxygen atoms in total. The van der Waals surface area contributed by atoms with Gasteiger partial charge in [-0.3, -0.25) is 4.79 Å². The number of carbonyl (C=O) groups is 1. The molecule has 0 spiro atoms. The van der Waals surface area contributed by atoms with Crippen molar-refractivity contribution in [1.29, 1.82) is 0 Å². The molecule has 1 aromatic rings. The van der Waals surface area contributed by atoms with Crippen LogP contribution in [0.2, 0.25) is 4.34 Å². The van der Waals surface area contributed by atoms with Gasteiger partial charge in [-0.1, -0.05) is 24.4 Å². The predicted octanol–water partition coefficient (Wildman–Crippen LogP) is 4.85. The normalized spacial score (nSPS) is 18.5. The summed E-state index contributed by atoms with van der Waals surface area (Å²) >= 11 is 16.9. The van der Waals surface area contributed by atoms with Crippen molar-refractivity contribution in [1.82, 2.24) is 4.90 Å². The number of likely N-dealkylation sites (tertiary alicyclic amines) is 1. The number of hydrogen-bond acceptors (Lipinski definition) is 2. The van der Waals surface area contributed by atoms with Crippen LogP contribution in [0.4, 0.5) is 0 Å². The Labute approximate surface area is 129 Å². The van der Waals surface area contributed by atoms with E-state index in [0.717, 1.165) is 35.3 Å². The Morgan fingerprint density at radius 3 is 2.44 bits per heavy atom. The topological polar surface area (TPSA) is 20.3 Å². The Morgan fingerprint density at radius 1 is 1.33 bits per heavy atom. The van der Waals surface area contributed by atoms with Crippen LogP contribution in [-0.2, 0) is 4.79 Å². The average molecular weight is 371 g/mol. The first-order chi connectivity index (χ1) is 8.59. The van der Waals surface area contributed by atoms with Crippen LogP contribution in [-0.4, -0.2) is 23.9 Å². The van der Waals surface area contributed by atoms with Gasteiger partial charge in [-0.25, -0.2) is 0 Å². The molecule has 0 N–H and O–H groups in total. The Balaban J connectivity index is 2.07. The minimum Gasteiger partial charge on any atom is -0.341 e. The zero-order valence-electron chi connectivity index (χ0n) is 9.79. The molecule has 18 heavy (non-hydrogen) atoms. The molecule has 1 fully saturated rings. The summed E-state index contributed by atoms with van der Waals surface area (Å²) in [5.74, 6) is 0.00369. The zero-order valence-corrected chi connectivity index (χ0v) is 13.7. The number of halogens is 3. The number of carbonyl (C=O) groups excluding carboxylic acids is 1. The lowest BCUT2D eigenvalue weighted by Crippen LogP contribution is -2.34. The first kappa shape index (κ1) is 14.6. The van der Waals surface area contributed by atoms with Gasteiger partial charge in [0.15, 0.2) is 0 Å². The van der Waals surface area contributed by atoms with Crippen LogP contribution in [0.15, 0.2) is 10.5 Å². The molecular formula is C12H14BrCl2NOS. The molecule has 2 heterocycles. The van der Waals surface area contributed by atoms with E-state index < -0.39 is 5.38 Å². The Bertz CT molecular complexity index is 410. The Kier molecular flexibility index (Phi) is 5.36. The van der Waals surface area contributed by atoms with E-state index in [1.54, 1.807) is 0 Å². The third kappa shape index (κ3) is 3.41. The molecular weight excluding hydrogens is 357 g/mol. The quantitative estimate of drug-likeness (QED) is 0.681. The molecule has 2 rings (SSSR count). The molecule has 1 aromatic heterocycles. The van der Waals surface area contributed by atoms with Crippen molar-refractivity contribution in [3.63, 3.8) is 0 Å². The molecule has 1 atom stereocenters. The van der Waals surface area contributed by atoms with Gasteiger partial charge in [0, 0.05) is 22.4 Å². The van der Waals surface area contributed by atoms with Crippen LogP contribution < -0.4 is 0 Å². The van der Waals surface area contributed by atoms with Gasteiger partial charge in [0.05, 0.1) is 0 Å². The van der Waals surface area contributed by atoms with Crippen LogP contribution in [0, 0.1) is 0 Å². The number of rotatable bonds is 2. The van der Waals surface area contributed by atoms with Crippen LogP contribution in [0.1, 0.15) is 35.9 Å². The lowest BCUT2D eigenvalue weighted by Gasteiger charge is -2.22. The fourth-order valence-electron chi connectivity index (χ4n) is 2.06. The fraction of sp³-hybridized carbons (Fsp3) is 0.583. The van der Waals surface area contributed by atoms with Crippen LogP contribution in [0.25, 0.3) is 0 Å². The molecule has 0 aromatic carbocycles. The number of thiophene rings is 1. The molecule has 1 unspecified atom stereocenters. The third-order valence-corrected chi connectivity index (χ3v) is 6.14. The predicted molar refractivity (Wildman–Crippen MR) is 80.7 cm³/mol. The SMILES string of the molecule is O=C(C(Cl)c1cc(Br)c(Cl)s1)N1CCCCCC1. The maximum atomic E-state index is 12.3. The van der Waals surface area contributed by atoms with Gasteiger partial charge in [0.1, 0.15) is 9.71 Å². The highest BCUT2D eigenvalue weighted by molar-refractivity contribution is 9.10. The smallest absolute Gasteiger partial charge is 0.246 e. The van der Waals surface area contributed by atoms with E-state index in [9.17, 15) is 4.79 Å². The summed E-state index contributed by atoms with van der Waals surface area (Å²) in [4.78, 5) is 15.0. The zero-order chi connectivity index (χ0) is 13.1. The van der Waals surface area contributed by atoms with Crippen molar-refractivity contribution in [2.75, 3.05) is 13.1 Å². The molecule has 6 heteroatoms. The van der Waals surface area contributed by atoms with Gasteiger partial charge in [-0.15, -0.1) is 22.9 Å². The largest absolute Gasteiger partial charge is 0.341 e. The van der Waals surface area contributed by atoms with Crippen molar-refractivity contribution in [3.8, 4) is 0 Å². The minimum absolute atomic E-state index is 0.00369.